The minimum absolute atomic E-state index is 0.0304. The maximum absolute atomic E-state index is 13.5. The molecule has 34 heavy (non-hydrogen) atoms. The van der Waals surface area contributed by atoms with Gasteiger partial charge < -0.3 is 9.32 Å². The molecule has 0 radical (unpaired) electrons. The summed E-state index contributed by atoms with van der Waals surface area (Å²) in [6.07, 6.45) is 8.15. The molecule has 7 heteroatoms. The Morgan fingerprint density at radius 1 is 1.21 bits per heavy atom. The van der Waals surface area contributed by atoms with Crippen molar-refractivity contribution in [2.75, 3.05) is 24.5 Å². The normalized spacial score (nSPS) is 20.7. The van der Waals surface area contributed by atoms with Crippen LogP contribution >= 0.6 is 0 Å². The summed E-state index contributed by atoms with van der Waals surface area (Å²) in [6.45, 7) is 7.22. The maximum atomic E-state index is 13.5. The Kier molecular flexibility index (Phi) is 6.54. The highest BCUT2D eigenvalue weighted by Crippen LogP contribution is 2.29. The van der Waals surface area contributed by atoms with Crippen LogP contribution in [0.25, 0.3) is 11.1 Å². The number of rotatable bonds is 6. The lowest BCUT2D eigenvalue weighted by atomic mass is 9.93. The Bertz CT molecular complexity index is 1200. The Morgan fingerprint density at radius 2 is 2.09 bits per heavy atom. The van der Waals surface area contributed by atoms with Gasteiger partial charge in [0.1, 0.15) is 5.52 Å². The van der Waals surface area contributed by atoms with Crippen molar-refractivity contribution in [3.05, 3.63) is 77.9 Å². The third kappa shape index (κ3) is 4.94. The number of fused-ring (bicyclic) bond motifs is 1. The first-order valence-corrected chi connectivity index (χ1v) is 11.9. The van der Waals surface area contributed by atoms with Gasteiger partial charge in [0.05, 0.1) is 6.04 Å². The predicted octanol–water partition coefficient (Wildman–Crippen LogP) is 5.07. The number of pyridine rings is 1. The molecular weight excluding hydrogens is 431 g/mol. The maximum Gasteiger partial charge on any atom is 0.299 e. The number of piperidine rings is 2. The van der Waals surface area contributed by atoms with Crippen LogP contribution < -0.4 is 4.90 Å². The largest absolute Gasteiger partial charge is 0.423 e. The van der Waals surface area contributed by atoms with Crippen molar-refractivity contribution >= 4 is 22.9 Å². The van der Waals surface area contributed by atoms with Crippen molar-refractivity contribution in [1.29, 1.82) is 0 Å². The second-order valence-corrected chi connectivity index (χ2v) is 9.16. The first kappa shape index (κ1) is 22.5. The molecule has 4 heterocycles. The van der Waals surface area contributed by atoms with E-state index in [4.69, 9.17) is 4.42 Å². The fourth-order valence-electron chi connectivity index (χ4n) is 4.97. The fraction of sp³-hybridized carbons (Fsp3) is 0.370. The van der Waals surface area contributed by atoms with Gasteiger partial charge in [0.2, 0.25) is 5.95 Å². The number of allylic oxidation sites excluding steroid dienone is 1. The lowest BCUT2D eigenvalue weighted by Gasteiger charge is -2.34. The number of oxazole rings is 1. The van der Waals surface area contributed by atoms with Crippen LogP contribution in [0.5, 0.6) is 0 Å². The van der Waals surface area contributed by atoms with E-state index in [-0.39, 0.29) is 11.8 Å². The Balaban J connectivity index is 1.28. The van der Waals surface area contributed by atoms with Crippen molar-refractivity contribution < 1.29 is 13.6 Å². The SMILES string of the molecule is C=C(/C=C1/CCCN(Cc2ccnc(F)c2)C1)C(=O)[C@@H]1CCCCN1c1nc2ccccc2o1. The number of aromatic nitrogens is 2. The molecule has 2 aliphatic heterocycles. The van der Waals surface area contributed by atoms with Crippen molar-refractivity contribution in [2.45, 2.75) is 44.7 Å². The molecule has 176 valence electrons. The number of halogens is 1. The molecule has 1 aromatic carbocycles. The van der Waals surface area contributed by atoms with E-state index in [9.17, 15) is 9.18 Å². The van der Waals surface area contributed by atoms with Crippen LogP contribution in [-0.2, 0) is 11.3 Å². The monoisotopic (exact) mass is 460 g/mol. The molecule has 0 unspecified atom stereocenters. The third-order valence-electron chi connectivity index (χ3n) is 6.62. The molecule has 0 saturated carbocycles. The number of ketones is 1. The number of Topliss-reactive ketones (excluding diaryl/α,β-unsaturated/α-hetero) is 1. The molecule has 0 bridgehead atoms. The summed E-state index contributed by atoms with van der Waals surface area (Å²) in [4.78, 5) is 26.0. The second kappa shape index (κ2) is 9.89. The van der Waals surface area contributed by atoms with Gasteiger partial charge in [-0.25, -0.2) is 4.98 Å². The zero-order valence-electron chi connectivity index (χ0n) is 19.3. The Morgan fingerprint density at radius 3 is 2.94 bits per heavy atom. The lowest BCUT2D eigenvalue weighted by Crippen LogP contribution is -2.45. The molecule has 6 nitrogen and oxygen atoms in total. The van der Waals surface area contributed by atoms with Crippen LogP contribution in [0.4, 0.5) is 10.4 Å². The topological polar surface area (TPSA) is 62.5 Å². The van der Waals surface area contributed by atoms with E-state index in [0.29, 0.717) is 18.1 Å². The molecule has 0 amide bonds. The van der Waals surface area contributed by atoms with Gasteiger partial charge in [0, 0.05) is 31.4 Å². The number of nitrogens with zero attached hydrogens (tertiary/aromatic N) is 4. The van der Waals surface area contributed by atoms with E-state index >= 15 is 0 Å². The highest BCUT2D eigenvalue weighted by Gasteiger charge is 2.32. The summed E-state index contributed by atoms with van der Waals surface area (Å²) in [5.41, 5.74) is 4.14. The summed E-state index contributed by atoms with van der Waals surface area (Å²) in [5, 5.41) is 0. The highest BCUT2D eigenvalue weighted by atomic mass is 19.1. The van der Waals surface area contributed by atoms with Crippen LogP contribution in [0, 0.1) is 5.95 Å². The van der Waals surface area contributed by atoms with Gasteiger partial charge in [-0.05, 0) is 68.5 Å². The quantitative estimate of drug-likeness (QED) is 0.378. The number of likely N-dealkylation sites (tertiary alicyclic amines) is 1. The zero-order valence-corrected chi connectivity index (χ0v) is 19.3. The number of para-hydroxylation sites is 2. The molecule has 3 aromatic rings. The van der Waals surface area contributed by atoms with Crippen molar-refractivity contribution in [1.82, 2.24) is 14.9 Å². The van der Waals surface area contributed by atoms with Gasteiger partial charge in [-0.15, -0.1) is 0 Å². The van der Waals surface area contributed by atoms with Gasteiger partial charge in [0.15, 0.2) is 11.4 Å². The minimum atomic E-state index is -0.458. The van der Waals surface area contributed by atoms with Gasteiger partial charge >= 0.3 is 0 Å². The zero-order chi connectivity index (χ0) is 23.5. The van der Waals surface area contributed by atoms with Crippen molar-refractivity contribution in [3.63, 3.8) is 0 Å². The Labute approximate surface area is 198 Å². The molecule has 2 fully saturated rings. The van der Waals surface area contributed by atoms with Crippen LogP contribution in [-0.4, -0.2) is 46.3 Å². The van der Waals surface area contributed by atoms with Crippen molar-refractivity contribution in [3.8, 4) is 0 Å². The van der Waals surface area contributed by atoms with E-state index in [2.05, 4.69) is 21.4 Å². The van der Waals surface area contributed by atoms with Gasteiger partial charge in [-0.3, -0.25) is 9.69 Å². The van der Waals surface area contributed by atoms with Crippen LogP contribution in [0.3, 0.4) is 0 Å². The molecule has 2 aliphatic rings. The average Bonchev–Trinajstić information content (AvgIpc) is 3.28. The summed E-state index contributed by atoms with van der Waals surface area (Å²) in [5.74, 6) is -0.428. The summed E-state index contributed by atoms with van der Waals surface area (Å²) >= 11 is 0. The minimum Gasteiger partial charge on any atom is -0.423 e. The second-order valence-electron chi connectivity index (χ2n) is 9.16. The summed E-state index contributed by atoms with van der Waals surface area (Å²) in [6, 6.07) is 11.2. The van der Waals surface area contributed by atoms with Gasteiger partial charge in [-0.1, -0.05) is 30.4 Å². The number of carbonyl (C=O) groups excluding carboxylic acids is 1. The number of hydrogen-bond acceptors (Lipinski definition) is 6. The number of carbonyl (C=O) groups is 1. The van der Waals surface area contributed by atoms with Gasteiger partial charge in [-0.2, -0.15) is 9.37 Å². The standard InChI is InChI=1S/C27H29FN4O2/c1-19(15-20-7-6-13-31(17-20)18-21-11-12-29-25(28)16-21)26(33)23-9-4-5-14-32(23)27-30-22-8-2-3-10-24(22)34-27/h2-3,8,10-12,15-16,23H,1,4-7,9,13-14,17-18H2/b20-15-/t23-/m0/s1. The fourth-order valence-corrected chi connectivity index (χ4v) is 4.97. The third-order valence-corrected chi connectivity index (χ3v) is 6.62. The molecule has 0 aliphatic carbocycles. The van der Waals surface area contributed by atoms with Gasteiger partial charge in [0.25, 0.3) is 6.01 Å². The number of benzene rings is 1. The van der Waals surface area contributed by atoms with E-state index in [1.807, 2.05) is 41.3 Å². The summed E-state index contributed by atoms with van der Waals surface area (Å²) in [7, 11) is 0. The first-order chi connectivity index (χ1) is 16.6. The molecule has 2 saturated heterocycles. The van der Waals surface area contributed by atoms with E-state index in [1.165, 1.54) is 17.8 Å². The van der Waals surface area contributed by atoms with Crippen LogP contribution in [0.1, 0.15) is 37.7 Å². The Hall–Kier alpha value is -3.32. The molecule has 0 N–H and O–H groups in total. The van der Waals surface area contributed by atoms with Crippen LogP contribution in [0.15, 0.2) is 70.8 Å². The lowest BCUT2D eigenvalue weighted by molar-refractivity contribution is -0.117. The smallest absolute Gasteiger partial charge is 0.299 e. The average molecular weight is 461 g/mol. The van der Waals surface area contributed by atoms with E-state index in [1.54, 1.807) is 0 Å². The van der Waals surface area contributed by atoms with Crippen molar-refractivity contribution in [2.24, 2.45) is 0 Å². The molecule has 0 spiro atoms. The predicted molar refractivity (Wildman–Crippen MR) is 130 cm³/mol. The number of anilines is 1. The number of hydrogen-bond donors (Lipinski definition) is 0. The van der Waals surface area contributed by atoms with Crippen LogP contribution in [0.2, 0.25) is 0 Å². The molecule has 2 aromatic heterocycles. The molecule has 5 rings (SSSR count). The van der Waals surface area contributed by atoms with E-state index < -0.39 is 5.95 Å². The molecule has 1 atom stereocenters. The molecular formula is C27H29FN4O2. The highest BCUT2D eigenvalue weighted by molar-refractivity contribution is 6.03. The first-order valence-electron chi connectivity index (χ1n) is 11.9. The summed E-state index contributed by atoms with van der Waals surface area (Å²) < 4.78 is 19.4. The van der Waals surface area contributed by atoms with E-state index in [0.717, 1.165) is 68.4 Å².